The van der Waals surface area contributed by atoms with Crippen LogP contribution in [-0.4, -0.2) is 125 Å². The van der Waals surface area contributed by atoms with Gasteiger partial charge in [0.05, 0.1) is 24.1 Å². The molecule has 0 spiro atoms. The minimum Gasteiger partial charge on any atom is -0.545 e. The summed E-state index contributed by atoms with van der Waals surface area (Å²) in [7, 11) is 7.21. The van der Waals surface area contributed by atoms with E-state index in [1.165, 1.54) is 18.2 Å². The van der Waals surface area contributed by atoms with Crippen LogP contribution in [-0.2, 0) is 9.59 Å². The highest BCUT2D eigenvalue weighted by molar-refractivity contribution is 8.00. The summed E-state index contributed by atoms with van der Waals surface area (Å²) in [6.45, 7) is 5.75. The zero-order valence-corrected chi connectivity index (χ0v) is 50.2. The number of carbonyl (C=O) groups is 5. The fourth-order valence-electron chi connectivity index (χ4n) is 10.4. The molecule has 0 saturated carbocycles. The van der Waals surface area contributed by atoms with E-state index in [-0.39, 0.29) is 51.7 Å². The van der Waals surface area contributed by atoms with Crippen LogP contribution in [0.5, 0.6) is 11.5 Å². The molecule has 7 N–H and O–H groups in total. The maximum atomic E-state index is 15.6. The molecule has 2 saturated heterocycles. The van der Waals surface area contributed by atoms with Gasteiger partial charge >= 0.3 is 6.03 Å². The average molecular weight is 1190 g/mol. The van der Waals surface area contributed by atoms with Crippen LogP contribution in [0.25, 0.3) is 33.4 Å². The third kappa shape index (κ3) is 16.5. The van der Waals surface area contributed by atoms with Gasteiger partial charge in [-0.25, -0.2) is 9.37 Å². The molecule has 0 radical (unpaired) electrons. The third-order valence-electron chi connectivity index (χ3n) is 15.1. The number of benzene rings is 5. The van der Waals surface area contributed by atoms with E-state index in [0.29, 0.717) is 128 Å². The molecular formula is C63H76FN9O9S2. The molecule has 4 unspecified atom stereocenters. The first-order valence-electron chi connectivity index (χ1n) is 28.7. The summed E-state index contributed by atoms with van der Waals surface area (Å²) in [5.74, 6) is -0.0337. The zero-order chi connectivity index (χ0) is 59.9. The van der Waals surface area contributed by atoms with Crippen LogP contribution in [0.2, 0.25) is 0 Å². The molecule has 4 atom stereocenters. The van der Waals surface area contributed by atoms with Gasteiger partial charge in [0, 0.05) is 102 Å². The average Bonchev–Trinajstić information content (AvgIpc) is 4.21. The number of amides is 5. The molecule has 0 bridgehead atoms. The van der Waals surface area contributed by atoms with Crippen molar-refractivity contribution in [2.75, 3.05) is 77.0 Å². The Morgan fingerprint density at radius 3 is 2.32 bits per heavy atom. The number of nitrogens with one attached hydrogen (secondary N) is 7. The van der Waals surface area contributed by atoms with Gasteiger partial charge in [-0.1, -0.05) is 36.8 Å². The number of aromatic carboxylic acids is 1. The Hall–Kier alpha value is -7.91. The maximum absolute atomic E-state index is 15.6. The quantitative estimate of drug-likeness (QED) is 0.00843. The van der Waals surface area contributed by atoms with Crippen molar-refractivity contribution in [2.24, 2.45) is 0 Å². The lowest BCUT2D eigenvalue weighted by Crippen LogP contribution is -2.48. The van der Waals surface area contributed by atoms with Gasteiger partial charge in [0.15, 0.2) is 10.9 Å². The SMILES string of the molecule is Cc1ccccc1OCCOc1cc(NC(=S)NC(CCCCNC(=O)CCCCC2SCC3NC(=O)NC32)C(=O)NCCCCCNC(=O)c2ccc(-c3c4cc(F)c(=[N+](C)C)cc-4oc4cc(N(C)C)ccc34)c(C(=O)[O-])c2)ccc1C. The van der Waals surface area contributed by atoms with Gasteiger partial charge in [-0.2, -0.15) is 16.2 Å². The normalized spacial score (nSPS) is 15.6. The summed E-state index contributed by atoms with van der Waals surface area (Å²) in [4.78, 5) is 66.6. The molecule has 3 aliphatic heterocycles. The number of rotatable bonds is 28. The topological polar surface area (TPSA) is 230 Å². The number of carbonyl (C=O) groups excluding carboxylic acids is 5. The number of hydrogen-bond donors (Lipinski definition) is 7. The number of thioether (sulfide) groups is 1. The number of carboxylic acid groups (broad SMARTS) is 1. The first kappa shape index (κ1) is 62.1. The van der Waals surface area contributed by atoms with Gasteiger partial charge in [-0.15, -0.1) is 0 Å². The molecular weight excluding hydrogens is 1110 g/mol. The molecule has 2 fully saturated rings. The molecule has 0 aromatic heterocycles. The predicted molar refractivity (Wildman–Crippen MR) is 331 cm³/mol. The minimum atomic E-state index is -1.50. The lowest BCUT2D eigenvalue weighted by molar-refractivity contribution is -0.255. The van der Waals surface area contributed by atoms with Crippen molar-refractivity contribution in [3.8, 4) is 33.9 Å². The summed E-state index contributed by atoms with van der Waals surface area (Å²) in [6, 6.07) is 25.8. The highest BCUT2D eigenvalue weighted by atomic mass is 32.2. The van der Waals surface area contributed by atoms with E-state index in [2.05, 4.69) is 37.2 Å². The summed E-state index contributed by atoms with van der Waals surface area (Å²) < 4.78 is 35.5. The lowest BCUT2D eigenvalue weighted by Gasteiger charge is -2.21. The molecule has 8 rings (SSSR count). The summed E-state index contributed by atoms with van der Waals surface area (Å²) in [5.41, 5.74) is 4.85. The molecule has 5 amide bonds. The van der Waals surface area contributed by atoms with Gasteiger partial charge in [0.2, 0.25) is 17.2 Å². The van der Waals surface area contributed by atoms with E-state index in [1.807, 2.05) is 99.2 Å². The Morgan fingerprint density at radius 1 is 0.821 bits per heavy atom. The van der Waals surface area contributed by atoms with Gasteiger partial charge in [0.25, 0.3) is 5.91 Å². The molecule has 21 heteroatoms. The number of carboxylic acids is 1. The number of urea groups is 1. The summed E-state index contributed by atoms with van der Waals surface area (Å²) in [6.07, 6.45) is 6.59. The van der Waals surface area contributed by atoms with E-state index in [0.717, 1.165) is 47.6 Å². The van der Waals surface area contributed by atoms with Crippen LogP contribution < -0.4 is 66.6 Å². The van der Waals surface area contributed by atoms with E-state index in [9.17, 15) is 29.1 Å². The smallest absolute Gasteiger partial charge is 0.315 e. The van der Waals surface area contributed by atoms with Crippen LogP contribution in [0, 0.1) is 19.7 Å². The highest BCUT2D eigenvalue weighted by Crippen LogP contribution is 2.42. The Kier molecular flexibility index (Phi) is 21.9. The molecule has 4 aromatic carbocycles. The number of fused-ring (bicyclic) bond motifs is 3. The lowest BCUT2D eigenvalue weighted by atomic mass is 9.89. The number of para-hydroxylation sites is 1. The van der Waals surface area contributed by atoms with Crippen molar-refractivity contribution in [2.45, 2.75) is 101 Å². The van der Waals surface area contributed by atoms with Gasteiger partial charge in [-0.05, 0) is 137 Å². The number of ether oxygens (including phenoxy) is 2. The van der Waals surface area contributed by atoms with Crippen LogP contribution in [0.3, 0.4) is 0 Å². The fourth-order valence-corrected chi connectivity index (χ4v) is 12.3. The third-order valence-corrected chi connectivity index (χ3v) is 16.8. The second-order valence-electron chi connectivity index (χ2n) is 21.7. The zero-order valence-electron chi connectivity index (χ0n) is 48.5. The van der Waals surface area contributed by atoms with E-state index >= 15 is 4.39 Å². The maximum Gasteiger partial charge on any atom is 0.315 e. The Morgan fingerprint density at radius 2 is 1.56 bits per heavy atom. The van der Waals surface area contributed by atoms with Crippen molar-refractivity contribution >= 4 is 81.2 Å². The Labute approximate surface area is 499 Å². The predicted octanol–water partition coefficient (Wildman–Crippen LogP) is 7.26. The molecule has 84 heavy (non-hydrogen) atoms. The van der Waals surface area contributed by atoms with Crippen LogP contribution >= 0.6 is 24.0 Å². The van der Waals surface area contributed by atoms with Gasteiger partial charge < -0.3 is 65.9 Å². The van der Waals surface area contributed by atoms with Crippen molar-refractivity contribution in [1.82, 2.24) is 36.5 Å². The van der Waals surface area contributed by atoms with Crippen molar-refractivity contribution in [1.29, 1.82) is 0 Å². The van der Waals surface area contributed by atoms with Crippen LogP contribution in [0.15, 0.2) is 95.4 Å². The van der Waals surface area contributed by atoms with Gasteiger partial charge in [0.1, 0.15) is 56.2 Å². The Bertz CT molecular complexity index is 3410. The number of halogens is 1. The molecule has 3 heterocycles. The molecule has 4 aliphatic rings. The van der Waals surface area contributed by atoms with Crippen molar-refractivity contribution in [3.05, 3.63) is 124 Å². The number of nitrogens with zero attached hydrogens (tertiary/aromatic N) is 2. The van der Waals surface area contributed by atoms with E-state index in [1.54, 1.807) is 36.9 Å². The number of thiocarbonyl (C=S) groups is 1. The number of anilines is 2. The number of hydrogen-bond acceptors (Lipinski definition) is 12. The Balaban J connectivity index is 0.824. The highest BCUT2D eigenvalue weighted by Gasteiger charge is 2.42. The second-order valence-corrected chi connectivity index (χ2v) is 23.4. The molecule has 4 aromatic rings. The van der Waals surface area contributed by atoms with Crippen LogP contribution in [0.1, 0.15) is 96.1 Å². The largest absolute Gasteiger partial charge is 0.545 e. The summed E-state index contributed by atoms with van der Waals surface area (Å²) >= 11 is 7.62. The molecule has 446 valence electrons. The fraction of sp³-hybridized carbons (Fsp3) is 0.413. The van der Waals surface area contributed by atoms with Crippen LogP contribution in [0.4, 0.5) is 20.6 Å². The molecule has 18 nitrogen and oxygen atoms in total. The standard InChI is InChI=1S/C63H76FN9O9S2/c1-38-16-8-9-18-51(38)80-30-31-81-52-33-41(23-21-39(52)2)68-63(83)70-48(17-12-15-27-65-56(74)20-11-10-19-55-58-49(37-84-55)69-62(79)71-58)60(76)67-29-14-7-13-28-66-59(75)40-22-25-43(45(32-40)61(77)78)57-44-26-24-42(72(3)4)34-53(44)82-54-36-50(73(5)6)47(64)35-46(54)57/h8-9,16,18,21-26,32-36,48-49,55,58H,7,10-15,17,19-20,27-31,37H2,1-6H3,(H7-,65,66,67,68,69,70,71,74,75,76,77,78,79,83). The van der Waals surface area contributed by atoms with Crippen molar-refractivity contribution < 1.29 is 47.4 Å². The first-order valence-corrected chi connectivity index (χ1v) is 30.1. The van der Waals surface area contributed by atoms with Gasteiger partial charge in [-0.3, -0.25) is 14.4 Å². The second kappa shape index (κ2) is 29.6. The van der Waals surface area contributed by atoms with E-state index in [4.69, 9.17) is 26.1 Å². The first-order chi connectivity index (χ1) is 40.4. The minimum absolute atomic E-state index is 0.0133. The van der Waals surface area contributed by atoms with E-state index < -0.39 is 23.7 Å². The monoisotopic (exact) mass is 1190 g/mol. The number of unbranched alkanes of at least 4 members (excludes halogenated alkanes) is 4. The number of aryl methyl sites for hydroxylation is 2. The molecule has 1 aliphatic carbocycles. The summed E-state index contributed by atoms with van der Waals surface area (Å²) in [5, 5.41) is 35.6. The van der Waals surface area contributed by atoms with Crippen molar-refractivity contribution in [3.63, 3.8) is 0 Å².